The van der Waals surface area contributed by atoms with Crippen molar-refractivity contribution in [1.82, 2.24) is 14.9 Å². The van der Waals surface area contributed by atoms with Gasteiger partial charge in [-0.1, -0.05) is 19.3 Å². The van der Waals surface area contributed by atoms with Crippen molar-refractivity contribution < 1.29 is 14.6 Å². The third-order valence-electron chi connectivity index (χ3n) is 5.12. The molecule has 1 saturated carbocycles. The molecule has 1 aromatic rings. The summed E-state index contributed by atoms with van der Waals surface area (Å²) in [7, 11) is 3.83. The Morgan fingerprint density at radius 1 is 1.32 bits per heavy atom. The second kappa shape index (κ2) is 7.66. The average Bonchev–Trinajstić information content (AvgIpc) is 2.62. The molecule has 1 saturated heterocycles. The number of rotatable bonds is 4. The molecule has 1 unspecified atom stereocenters. The van der Waals surface area contributed by atoms with E-state index in [2.05, 4.69) is 9.97 Å². The Morgan fingerprint density at radius 2 is 2.04 bits per heavy atom. The number of anilines is 1. The predicted molar refractivity (Wildman–Crippen MR) is 94.3 cm³/mol. The highest BCUT2D eigenvalue weighted by molar-refractivity contribution is 5.77. The van der Waals surface area contributed by atoms with Crippen LogP contribution in [0.15, 0.2) is 12.4 Å². The molecule has 7 heteroatoms. The topological polar surface area (TPSA) is 78.8 Å². The van der Waals surface area contributed by atoms with Crippen LogP contribution in [0.2, 0.25) is 0 Å². The number of aliphatic hydroxyl groups is 1. The fraction of sp³-hybridized carbons (Fsp3) is 0.722. The number of morpholine rings is 1. The first kappa shape index (κ1) is 18.1. The smallest absolute Gasteiger partial charge is 0.225 e. The quantitative estimate of drug-likeness (QED) is 0.889. The molecule has 2 aliphatic rings. The van der Waals surface area contributed by atoms with Crippen molar-refractivity contribution in [3.8, 4) is 0 Å². The largest absolute Gasteiger partial charge is 0.389 e. The van der Waals surface area contributed by atoms with E-state index in [1.807, 2.05) is 19.0 Å². The van der Waals surface area contributed by atoms with E-state index in [1.165, 1.54) is 0 Å². The number of ether oxygens (including phenoxy) is 1. The SMILES string of the molecule is CN(C)c1nccnc1C1CN(C(=O)CC2(O)CCCCC2)CCO1. The summed E-state index contributed by atoms with van der Waals surface area (Å²) in [5.41, 5.74) is -0.0776. The maximum atomic E-state index is 12.7. The van der Waals surface area contributed by atoms with Crippen LogP contribution in [0.4, 0.5) is 5.82 Å². The van der Waals surface area contributed by atoms with Crippen molar-refractivity contribution in [2.24, 2.45) is 0 Å². The summed E-state index contributed by atoms with van der Waals surface area (Å²) in [5, 5.41) is 10.7. The normalized spacial score (nSPS) is 23.3. The second-order valence-electron chi connectivity index (χ2n) is 7.32. The number of amides is 1. The molecule has 3 rings (SSSR count). The van der Waals surface area contributed by atoms with Crippen LogP contribution in [0.1, 0.15) is 50.3 Å². The van der Waals surface area contributed by atoms with Gasteiger partial charge in [0.15, 0.2) is 5.82 Å². The van der Waals surface area contributed by atoms with Crippen LogP contribution in [0.3, 0.4) is 0 Å². The van der Waals surface area contributed by atoms with Crippen LogP contribution >= 0.6 is 0 Å². The van der Waals surface area contributed by atoms with E-state index in [9.17, 15) is 9.90 Å². The van der Waals surface area contributed by atoms with Gasteiger partial charge in [-0.2, -0.15) is 0 Å². The van der Waals surface area contributed by atoms with Gasteiger partial charge >= 0.3 is 0 Å². The molecule has 1 aliphatic carbocycles. The Bertz CT molecular complexity index is 602. The summed E-state index contributed by atoms with van der Waals surface area (Å²) in [6.45, 7) is 1.48. The summed E-state index contributed by atoms with van der Waals surface area (Å²) in [6.07, 6.45) is 7.83. The average molecular weight is 348 g/mol. The highest BCUT2D eigenvalue weighted by Crippen LogP contribution is 2.32. The number of hydrogen-bond donors (Lipinski definition) is 1. The molecule has 2 heterocycles. The van der Waals surface area contributed by atoms with E-state index in [-0.39, 0.29) is 18.4 Å². The first-order valence-electron chi connectivity index (χ1n) is 9.08. The molecule has 1 atom stereocenters. The van der Waals surface area contributed by atoms with Crippen molar-refractivity contribution in [3.63, 3.8) is 0 Å². The van der Waals surface area contributed by atoms with E-state index < -0.39 is 5.60 Å². The minimum Gasteiger partial charge on any atom is -0.389 e. The third-order valence-corrected chi connectivity index (χ3v) is 5.12. The van der Waals surface area contributed by atoms with Crippen molar-refractivity contribution in [1.29, 1.82) is 0 Å². The molecule has 0 bridgehead atoms. The molecule has 1 amide bonds. The van der Waals surface area contributed by atoms with Crippen LogP contribution in [-0.4, -0.2) is 65.3 Å². The summed E-state index contributed by atoms with van der Waals surface area (Å²) >= 11 is 0. The monoisotopic (exact) mass is 348 g/mol. The van der Waals surface area contributed by atoms with Gasteiger partial charge in [-0.15, -0.1) is 0 Å². The Morgan fingerprint density at radius 3 is 2.76 bits per heavy atom. The lowest BCUT2D eigenvalue weighted by Crippen LogP contribution is -2.46. The zero-order valence-electron chi connectivity index (χ0n) is 15.1. The van der Waals surface area contributed by atoms with E-state index in [0.717, 1.165) is 43.6 Å². The second-order valence-corrected chi connectivity index (χ2v) is 7.32. The summed E-state index contributed by atoms with van der Waals surface area (Å²) in [6, 6.07) is 0. The van der Waals surface area contributed by atoms with Gasteiger partial charge in [0.2, 0.25) is 5.91 Å². The molecule has 0 radical (unpaired) electrons. The van der Waals surface area contributed by atoms with Crippen LogP contribution in [-0.2, 0) is 9.53 Å². The van der Waals surface area contributed by atoms with Crippen LogP contribution in [0, 0.1) is 0 Å². The standard InChI is InChI=1S/C18H28N4O3/c1-21(2)17-16(19-8-9-20-17)14-13-22(10-11-25-14)15(23)12-18(24)6-4-3-5-7-18/h8-9,14,24H,3-7,10-13H2,1-2H3. The summed E-state index contributed by atoms with van der Waals surface area (Å²) in [5.74, 6) is 0.765. The molecule has 1 aliphatic heterocycles. The Hall–Kier alpha value is -1.73. The lowest BCUT2D eigenvalue weighted by molar-refractivity contribution is -0.145. The van der Waals surface area contributed by atoms with E-state index in [4.69, 9.17) is 4.74 Å². The van der Waals surface area contributed by atoms with Crippen LogP contribution in [0.25, 0.3) is 0 Å². The van der Waals surface area contributed by atoms with Crippen LogP contribution in [0.5, 0.6) is 0 Å². The highest BCUT2D eigenvalue weighted by Gasteiger charge is 2.35. The molecule has 1 N–H and O–H groups in total. The Kier molecular flexibility index (Phi) is 5.54. The Labute approximate surface area is 149 Å². The maximum Gasteiger partial charge on any atom is 0.225 e. The number of aromatic nitrogens is 2. The zero-order chi connectivity index (χ0) is 17.9. The Balaban J connectivity index is 1.68. The van der Waals surface area contributed by atoms with E-state index >= 15 is 0 Å². The fourth-order valence-electron chi connectivity index (χ4n) is 3.73. The molecule has 0 spiro atoms. The van der Waals surface area contributed by atoms with Gasteiger partial charge < -0.3 is 19.6 Å². The summed E-state index contributed by atoms with van der Waals surface area (Å²) < 4.78 is 5.86. The van der Waals surface area contributed by atoms with E-state index in [1.54, 1.807) is 17.3 Å². The number of carbonyl (C=O) groups excluding carboxylic acids is 1. The summed E-state index contributed by atoms with van der Waals surface area (Å²) in [4.78, 5) is 25.2. The van der Waals surface area contributed by atoms with Crippen LogP contribution < -0.4 is 4.90 Å². The fourth-order valence-corrected chi connectivity index (χ4v) is 3.73. The van der Waals surface area contributed by atoms with Gasteiger partial charge in [-0.05, 0) is 12.8 Å². The highest BCUT2D eigenvalue weighted by atomic mass is 16.5. The molecule has 2 fully saturated rings. The number of carbonyl (C=O) groups is 1. The van der Waals surface area contributed by atoms with Crippen molar-refractivity contribution in [3.05, 3.63) is 18.1 Å². The number of nitrogens with zero attached hydrogens (tertiary/aromatic N) is 4. The maximum absolute atomic E-state index is 12.7. The molecule has 0 aromatic carbocycles. The van der Waals surface area contributed by atoms with Crippen molar-refractivity contribution in [2.45, 2.75) is 50.2 Å². The van der Waals surface area contributed by atoms with Crippen molar-refractivity contribution >= 4 is 11.7 Å². The third kappa shape index (κ3) is 4.27. The predicted octanol–water partition coefficient (Wildman–Crippen LogP) is 1.53. The lowest BCUT2D eigenvalue weighted by Gasteiger charge is -2.37. The van der Waals surface area contributed by atoms with Gasteiger partial charge in [0.05, 0.1) is 25.2 Å². The molecular formula is C18H28N4O3. The molecule has 25 heavy (non-hydrogen) atoms. The van der Waals surface area contributed by atoms with E-state index in [0.29, 0.717) is 19.7 Å². The minimum atomic E-state index is -0.829. The molecule has 7 nitrogen and oxygen atoms in total. The van der Waals surface area contributed by atoms with Gasteiger partial charge in [-0.3, -0.25) is 9.78 Å². The minimum absolute atomic E-state index is 0.00740. The molecule has 1 aromatic heterocycles. The first-order chi connectivity index (χ1) is 12.0. The van der Waals surface area contributed by atoms with Gasteiger partial charge in [0, 0.05) is 33.0 Å². The number of hydrogen-bond acceptors (Lipinski definition) is 6. The lowest BCUT2D eigenvalue weighted by atomic mass is 9.82. The molecular weight excluding hydrogens is 320 g/mol. The van der Waals surface area contributed by atoms with Gasteiger partial charge in [0.1, 0.15) is 11.8 Å². The first-order valence-corrected chi connectivity index (χ1v) is 9.08. The molecule has 138 valence electrons. The van der Waals surface area contributed by atoms with Crippen molar-refractivity contribution in [2.75, 3.05) is 38.7 Å². The van der Waals surface area contributed by atoms with Gasteiger partial charge in [0.25, 0.3) is 0 Å². The zero-order valence-corrected chi connectivity index (χ0v) is 15.1. The van der Waals surface area contributed by atoms with Gasteiger partial charge in [-0.25, -0.2) is 4.98 Å².